The molecule has 0 amide bonds. The van der Waals surface area contributed by atoms with Crippen LogP contribution in [0.25, 0.3) is 0 Å². The summed E-state index contributed by atoms with van der Waals surface area (Å²) in [6.07, 6.45) is -4.69. The van der Waals surface area contributed by atoms with E-state index in [1.807, 2.05) is 6.07 Å². The number of thiophene rings is 1. The van der Waals surface area contributed by atoms with Gasteiger partial charge in [0.1, 0.15) is 5.82 Å². The third-order valence-electron chi connectivity index (χ3n) is 2.91. The number of hydrogen-bond donors (Lipinski definition) is 1. The summed E-state index contributed by atoms with van der Waals surface area (Å²) in [6, 6.07) is 4.40. The van der Waals surface area contributed by atoms with Gasteiger partial charge < -0.3 is 5.32 Å². The molecule has 1 N–H and O–H groups in total. The van der Waals surface area contributed by atoms with Crippen LogP contribution in [0.3, 0.4) is 0 Å². The van der Waals surface area contributed by atoms with Gasteiger partial charge in [-0.25, -0.2) is 4.39 Å². The van der Waals surface area contributed by atoms with Crippen molar-refractivity contribution in [3.8, 4) is 0 Å². The van der Waals surface area contributed by atoms with Gasteiger partial charge in [0.2, 0.25) is 0 Å². The van der Waals surface area contributed by atoms with Gasteiger partial charge in [0.25, 0.3) is 0 Å². The predicted molar refractivity (Wildman–Crippen MR) is 82.0 cm³/mol. The molecule has 2 aromatic rings. The summed E-state index contributed by atoms with van der Waals surface area (Å²) >= 11 is 8.18. The largest absolute Gasteiger partial charge is 0.419 e. The molecule has 1 unspecified atom stereocenters. The van der Waals surface area contributed by atoms with Gasteiger partial charge >= 0.3 is 6.18 Å². The van der Waals surface area contributed by atoms with Crippen LogP contribution in [0.4, 0.5) is 17.6 Å². The fourth-order valence-corrected chi connectivity index (χ4v) is 4.89. The van der Waals surface area contributed by atoms with Crippen molar-refractivity contribution in [2.24, 2.45) is 0 Å². The van der Waals surface area contributed by atoms with Crippen LogP contribution in [0.2, 0.25) is 0 Å². The van der Waals surface area contributed by atoms with Gasteiger partial charge in [-0.3, -0.25) is 0 Å². The van der Waals surface area contributed by atoms with E-state index in [-0.39, 0.29) is 0 Å². The zero-order chi connectivity index (χ0) is 15.8. The van der Waals surface area contributed by atoms with Crippen molar-refractivity contribution in [3.63, 3.8) is 0 Å². The van der Waals surface area contributed by atoms with Crippen molar-refractivity contribution in [1.82, 2.24) is 5.32 Å². The van der Waals surface area contributed by atoms with E-state index < -0.39 is 23.6 Å². The number of rotatable bonds is 3. The third-order valence-corrected chi connectivity index (χ3v) is 5.30. The van der Waals surface area contributed by atoms with Crippen LogP contribution in [0, 0.1) is 5.82 Å². The van der Waals surface area contributed by atoms with Gasteiger partial charge in [0, 0.05) is 0 Å². The molecule has 0 aliphatic carbocycles. The minimum atomic E-state index is -4.69. The van der Waals surface area contributed by atoms with E-state index in [0.717, 1.165) is 25.3 Å². The van der Waals surface area contributed by atoms with Crippen LogP contribution >= 0.6 is 43.2 Å². The maximum absolute atomic E-state index is 13.7. The first kappa shape index (κ1) is 16.9. The highest BCUT2D eigenvalue weighted by molar-refractivity contribution is 9.12. The minimum absolute atomic E-state index is 0.404. The first-order chi connectivity index (χ1) is 9.74. The molecule has 0 saturated heterocycles. The average Bonchev–Trinajstić information content (AvgIpc) is 2.68. The Kier molecular flexibility index (Phi) is 5.12. The number of benzene rings is 1. The Morgan fingerprint density at radius 2 is 1.86 bits per heavy atom. The second-order valence-corrected chi connectivity index (χ2v) is 7.99. The highest BCUT2D eigenvalue weighted by Gasteiger charge is 2.34. The van der Waals surface area contributed by atoms with E-state index >= 15 is 0 Å². The lowest BCUT2D eigenvalue weighted by Gasteiger charge is -2.18. The number of alkyl halides is 3. The van der Waals surface area contributed by atoms with Crippen LogP contribution in [0.5, 0.6) is 0 Å². The van der Waals surface area contributed by atoms with E-state index in [1.165, 1.54) is 17.4 Å². The SMILES string of the molecule is CNC(c1ccc(C(F)(F)F)c(F)c1)c1cc(Br)sc1Br. The van der Waals surface area contributed by atoms with E-state index in [2.05, 4.69) is 37.2 Å². The van der Waals surface area contributed by atoms with Gasteiger partial charge in [-0.05, 0) is 68.2 Å². The van der Waals surface area contributed by atoms with E-state index in [0.29, 0.717) is 5.56 Å². The van der Waals surface area contributed by atoms with Crippen molar-refractivity contribution in [3.05, 3.63) is 54.3 Å². The molecule has 1 aromatic heterocycles. The highest BCUT2D eigenvalue weighted by atomic mass is 79.9. The first-order valence-corrected chi connectivity index (χ1v) is 8.13. The van der Waals surface area contributed by atoms with Crippen LogP contribution in [0.15, 0.2) is 31.8 Å². The van der Waals surface area contributed by atoms with Gasteiger partial charge in [0.15, 0.2) is 0 Å². The highest BCUT2D eigenvalue weighted by Crippen LogP contribution is 2.39. The van der Waals surface area contributed by atoms with E-state index in [9.17, 15) is 17.6 Å². The number of halogens is 6. The average molecular weight is 447 g/mol. The lowest BCUT2D eigenvalue weighted by Crippen LogP contribution is -2.18. The second-order valence-electron chi connectivity index (χ2n) is 4.24. The Bertz CT molecular complexity index is 654. The molecule has 1 atom stereocenters. The lowest BCUT2D eigenvalue weighted by molar-refractivity contribution is -0.140. The Morgan fingerprint density at radius 1 is 1.19 bits per heavy atom. The third kappa shape index (κ3) is 3.67. The molecule has 114 valence electrons. The summed E-state index contributed by atoms with van der Waals surface area (Å²) in [7, 11) is 1.66. The fraction of sp³-hybridized carbons (Fsp3) is 0.231. The normalized spacial score (nSPS) is 13.5. The van der Waals surface area contributed by atoms with Crippen LogP contribution in [-0.4, -0.2) is 7.05 Å². The van der Waals surface area contributed by atoms with E-state index in [1.54, 1.807) is 7.05 Å². The maximum atomic E-state index is 13.7. The molecule has 0 fully saturated rings. The first-order valence-electron chi connectivity index (χ1n) is 5.72. The summed E-state index contributed by atoms with van der Waals surface area (Å²) in [5.74, 6) is -1.27. The number of hydrogen-bond acceptors (Lipinski definition) is 2. The zero-order valence-electron chi connectivity index (χ0n) is 10.6. The molecule has 0 saturated carbocycles. The van der Waals surface area contributed by atoms with Crippen molar-refractivity contribution >= 4 is 43.2 Å². The number of nitrogens with one attached hydrogen (secondary N) is 1. The fourth-order valence-electron chi connectivity index (χ4n) is 1.99. The van der Waals surface area contributed by atoms with Crippen molar-refractivity contribution < 1.29 is 17.6 Å². The topological polar surface area (TPSA) is 12.0 Å². The molecular weight excluding hydrogens is 438 g/mol. The Balaban J connectivity index is 2.45. The molecule has 0 bridgehead atoms. The predicted octanol–water partition coefficient (Wildman–Crippen LogP) is 5.74. The van der Waals surface area contributed by atoms with Crippen molar-refractivity contribution in [1.29, 1.82) is 0 Å². The van der Waals surface area contributed by atoms with Crippen molar-refractivity contribution in [2.75, 3.05) is 7.05 Å². The molecule has 0 aliphatic rings. The van der Waals surface area contributed by atoms with Crippen LogP contribution in [-0.2, 0) is 6.18 Å². The lowest BCUT2D eigenvalue weighted by atomic mass is 9.99. The Labute approximate surface area is 139 Å². The van der Waals surface area contributed by atoms with Gasteiger partial charge in [-0.2, -0.15) is 13.2 Å². The Morgan fingerprint density at radius 3 is 2.29 bits per heavy atom. The quantitative estimate of drug-likeness (QED) is 0.593. The summed E-state index contributed by atoms with van der Waals surface area (Å²) in [4.78, 5) is 0. The molecule has 1 heterocycles. The maximum Gasteiger partial charge on any atom is 0.419 e. The zero-order valence-corrected chi connectivity index (χ0v) is 14.6. The standard InChI is InChI=1S/C13H9Br2F4NS/c1-20-11(7-5-10(14)21-12(7)15)6-2-3-8(9(16)4-6)13(17,18)19/h2-5,11,20H,1H3. The molecule has 2 rings (SSSR count). The minimum Gasteiger partial charge on any atom is -0.309 e. The summed E-state index contributed by atoms with van der Waals surface area (Å²) in [5.41, 5.74) is -0.00537. The summed E-state index contributed by atoms with van der Waals surface area (Å²) < 4.78 is 53.2. The second kappa shape index (κ2) is 6.36. The molecule has 0 aliphatic heterocycles. The molecular formula is C13H9Br2F4NS. The van der Waals surface area contributed by atoms with Crippen LogP contribution in [0.1, 0.15) is 22.7 Å². The molecule has 21 heavy (non-hydrogen) atoms. The van der Waals surface area contributed by atoms with Crippen LogP contribution < -0.4 is 5.32 Å². The molecule has 1 aromatic carbocycles. The molecule has 0 radical (unpaired) electrons. The molecule has 1 nitrogen and oxygen atoms in total. The molecule has 0 spiro atoms. The molecule has 8 heteroatoms. The van der Waals surface area contributed by atoms with Crippen molar-refractivity contribution in [2.45, 2.75) is 12.2 Å². The summed E-state index contributed by atoms with van der Waals surface area (Å²) in [6.45, 7) is 0. The van der Waals surface area contributed by atoms with Gasteiger partial charge in [-0.15, -0.1) is 11.3 Å². The monoisotopic (exact) mass is 445 g/mol. The smallest absolute Gasteiger partial charge is 0.309 e. The Hall–Kier alpha value is -0.440. The van der Waals surface area contributed by atoms with Gasteiger partial charge in [0.05, 0.1) is 19.2 Å². The van der Waals surface area contributed by atoms with E-state index in [4.69, 9.17) is 0 Å². The summed E-state index contributed by atoms with van der Waals surface area (Å²) in [5, 5.41) is 2.98. The van der Waals surface area contributed by atoms with Gasteiger partial charge in [-0.1, -0.05) is 6.07 Å².